The van der Waals surface area contributed by atoms with Crippen molar-refractivity contribution in [2.24, 2.45) is 5.73 Å². The summed E-state index contributed by atoms with van der Waals surface area (Å²) in [5.74, 6) is -0.721. The van der Waals surface area contributed by atoms with E-state index in [4.69, 9.17) is 11.5 Å². The van der Waals surface area contributed by atoms with Gasteiger partial charge in [0.1, 0.15) is 5.75 Å². The summed E-state index contributed by atoms with van der Waals surface area (Å²) in [6.07, 6.45) is 0. The number of hydrogen-bond donors (Lipinski definition) is 2. The summed E-state index contributed by atoms with van der Waals surface area (Å²) >= 11 is 0. The summed E-state index contributed by atoms with van der Waals surface area (Å²) in [4.78, 5) is 11.1. The van der Waals surface area contributed by atoms with Crippen molar-refractivity contribution in [3.63, 3.8) is 0 Å². The Morgan fingerprint density at radius 2 is 2.14 bits per heavy atom. The number of hydrogen-bond acceptors (Lipinski definition) is 3. The maximum atomic E-state index is 11.5. The molecule has 1 aromatic rings. The van der Waals surface area contributed by atoms with Gasteiger partial charge >= 0.3 is 0 Å². The Bertz CT molecular complexity index is 390. The Labute approximate surface area is 84.7 Å². The van der Waals surface area contributed by atoms with Gasteiger partial charge in [-0.15, -0.1) is 0 Å². The molecule has 0 aliphatic carbocycles. The third-order valence-corrected chi connectivity index (χ3v) is 3.10. The lowest BCUT2D eigenvalue weighted by Gasteiger charge is -2.03. The van der Waals surface area contributed by atoms with E-state index in [-0.39, 0.29) is 5.75 Å². The first-order chi connectivity index (χ1) is 6.50. The lowest BCUT2D eigenvalue weighted by atomic mass is 10.2. The number of primary amides is 1. The summed E-state index contributed by atoms with van der Waals surface area (Å²) in [5.41, 5.74) is 12.0. The lowest BCUT2D eigenvalue weighted by Crippen LogP contribution is -2.19. The van der Waals surface area contributed by atoms with Crippen LogP contribution in [-0.2, 0) is 15.6 Å². The molecule has 0 fully saturated rings. The summed E-state index contributed by atoms with van der Waals surface area (Å²) < 4.78 is 11.5. The first kappa shape index (κ1) is 10.7. The van der Waals surface area contributed by atoms with Gasteiger partial charge in [-0.3, -0.25) is 9.00 Å². The molecule has 4 N–H and O–H groups in total. The molecule has 0 radical (unpaired) electrons. The van der Waals surface area contributed by atoms with E-state index in [2.05, 4.69) is 0 Å². The normalized spacial score (nSPS) is 12.4. The molecule has 0 aromatic heterocycles. The van der Waals surface area contributed by atoms with Gasteiger partial charge in [-0.05, 0) is 30.7 Å². The maximum absolute atomic E-state index is 11.5. The maximum Gasteiger partial charge on any atom is 0.230 e. The fourth-order valence-corrected chi connectivity index (χ4v) is 1.96. The first-order valence-electron chi connectivity index (χ1n) is 4.03. The van der Waals surface area contributed by atoms with Gasteiger partial charge in [0.2, 0.25) is 5.91 Å². The van der Waals surface area contributed by atoms with Gasteiger partial charge in [0.15, 0.2) is 0 Å². The first-order valence-corrected chi connectivity index (χ1v) is 5.35. The summed E-state index contributed by atoms with van der Waals surface area (Å²) in [6, 6.07) is 5.01. The van der Waals surface area contributed by atoms with Crippen LogP contribution in [0.1, 0.15) is 5.56 Å². The number of rotatable bonds is 3. The number of benzene rings is 1. The van der Waals surface area contributed by atoms with Gasteiger partial charge < -0.3 is 11.5 Å². The van der Waals surface area contributed by atoms with Crippen LogP contribution < -0.4 is 11.5 Å². The quantitative estimate of drug-likeness (QED) is 0.700. The van der Waals surface area contributed by atoms with Crippen LogP contribution in [0.4, 0.5) is 5.69 Å². The second-order valence-electron chi connectivity index (χ2n) is 2.97. The predicted octanol–water partition coefficient (Wildman–Crippen LogP) is 0.170. The van der Waals surface area contributed by atoms with Crippen molar-refractivity contribution in [2.45, 2.75) is 11.8 Å². The SMILES string of the molecule is Cc1cc(S(=O)CC(N)=O)ccc1N. The number of aryl methyl sites for hydroxylation is 1. The molecule has 1 atom stereocenters. The minimum atomic E-state index is -1.36. The third kappa shape index (κ3) is 2.56. The zero-order valence-electron chi connectivity index (χ0n) is 7.82. The molecule has 1 aromatic carbocycles. The largest absolute Gasteiger partial charge is 0.399 e. The number of anilines is 1. The van der Waals surface area contributed by atoms with Crippen molar-refractivity contribution < 1.29 is 9.00 Å². The molecule has 0 aliphatic heterocycles. The molecule has 1 rings (SSSR count). The van der Waals surface area contributed by atoms with Crippen molar-refractivity contribution in [3.05, 3.63) is 23.8 Å². The Balaban J connectivity index is 2.91. The molecule has 0 aliphatic rings. The van der Waals surface area contributed by atoms with Crippen LogP contribution in [0.2, 0.25) is 0 Å². The van der Waals surface area contributed by atoms with Gasteiger partial charge in [-0.1, -0.05) is 0 Å². The van der Waals surface area contributed by atoms with Crippen molar-refractivity contribution in [2.75, 3.05) is 11.5 Å². The molecule has 76 valence electrons. The molecular formula is C9H12N2O2S. The monoisotopic (exact) mass is 212 g/mol. The lowest BCUT2D eigenvalue weighted by molar-refractivity contribution is -0.115. The Morgan fingerprint density at radius 1 is 1.50 bits per heavy atom. The standard InChI is InChI=1S/C9H12N2O2S/c1-6-4-7(2-3-8(6)10)14(13)5-9(11)12/h2-4H,5,10H2,1H3,(H2,11,12). The van der Waals surface area contributed by atoms with E-state index in [1.54, 1.807) is 18.2 Å². The van der Waals surface area contributed by atoms with Gasteiger partial charge in [0, 0.05) is 10.6 Å². The number of carbonyl (C=O) groups is 1. The smallest absolute Gasteiger partial charge is 0.230 e. The highest BCUT2D eigenvalue weighted by Crippen LogP contribution is 2.15. The Morgan fingerprint density at radius 3 is 2.64 bits per heavy atom. The van der Waals surface area contributed by atoms with Crippen LogP contribution in [0.3, 0.4) is 0 Å². The van der Waals surface area contributed by atoms with Crippen LogP contribution >= 0.6 is 0 Å². The third-order valence-electron chi connectivity index (χ3n) is 1.78. The van der Waals surface area contributed by atoms with E-state index in [1.807, 2.05) is 6.92 Å². The molecule has 4 nitrogen and oxygen atoms in total. The van der Waals surface area contributed by atoms with Crippen molar-refractivity contribution in [1.29, 1.82) is 0 Å². The number of amides is 1. The van der Waals surface area contributed by atoms with E-state index in [9.17, 15) is 9.00 Å². The second-order valence-corrected chi connectivity index (χ2v) is 4.43. The molecule has 5 heteroatoms. The van der Waals surface area contributed by atoms with Crippen LogP contribution in [0.25, 0.3) is 0 Å². The highest BCUT2D eigenvalue weighted by Gasteiger charge is 2.07. The molecule has 1 amide bonds. The number of carbonyl (C=O) groups excluding carboxylic acids is 1. The van der Waals surface area contributed by atoms with E-state index >= 15 is 0 Å². The van der Waals surface area contributed by atoms with E-state index in [0.717, 1.165) is 5.56 Å². The summed E-state index contributed by atoms with van der Waals surface area (Å²) in [5, 5.41) is 0. The Kier molecular flexibility index (Phi) is 3.24. The summed E-state index contributed by atoms with van der Waals surface area (Å²) in [7, 11) is -1.36. The van der Waals surface area contributed by atoms with Gasteiger partial charge in [0.05, 0.1) is 10.8 Å². The predicted molar refractivity (Wildman–Crippen MR) is 56.1 cm³/mol. The highest BCUT2D eigenvalue weighted by molar-refractivity contribution is 7.85. The minimum Gasteiger partial charge on any atom is -0.399 e. The fourth-order valence-electron chi connectivity index (χ4n) is 1.00. The van der Waals surface area contributed by atoms with E-state index in [1.165, 1.54) is 0 Å². The zero-order chi connectivity index (χ0) is 10.7. The second kappa shape index (κ2) is 4.23. The zero-order valence-corrected chi connectivity index (χ0v) is 8.64. The van der Waals surface area contributed by atoms with Crippen LogP contribution in [-0.4, -0.2) is 15.9 Å². The summed E-state index contributed by atoms with van der Waals surface area (Å²) in [6.45, 7) is 1.82. The molecule has 0 heterocycles. The van der Waals surface area contributed by atoms with Crippen molar-refractivity contribution in [3.8, 4) is 0 Å². The molecule has 0 saturated carbocycles. The topological polar surface area (TPSA) is 86.2 Å². The fraction of sp³-hybridized carbons (Fsp3) is 0.222. The highest BCUT2D eigenvalue weighted by atomic mass is 32.2. The van der Waals surface area contributed by atoms with Crippen molar-refractivity contribution >= 4 is 22.4 Å². The molecule has 1 unspecified atom stereocenters. The van der Waals surface area contributed by atoms with Crippen LogP contribution in [0.5, 0.6) is 0 Å². The average Bonchev–Trinajstić information content (AvgIpc) is 2.08. The number of nitrogens with two attached hydrogens (primary N) is 2. The minimum absolute atomic E-state index is 0.149. The van der Waals surface area contributed by atoms with E-state index < -0.39 is 16.7 Å². The van der Waals surface area contributed by atoms with E-state index in [0.29, 0.717) is 10.6 Å². The van der Waals surface area contributed by atoms with Gasteiger partial charge in [-0.2, -0.15) is 0 Å². The van der Waals surface area contributed by atoms with Gasteiger partial charge in [0.25, 0.3) is 0 Å². The Hall–Kier alpha value is -1.36. The molecule has 14 heavy (non-hydrogen) atoms. The van der Waals surface area contributed by atoms with Crippen molar-refractivity contribution in [1.82, 2.24) is 0 Å². The average molecular weight is 212 g/mol. The molecule has 0 saturated heterocycles. The van der Waals surface area contributed by atoms with Crippen LogP contribution in [0, 0.1) is 6.92 Å². The molecular weight excluding hydrogens is 200 g/mol. The molecule has 0 bridgehead atoms. The van der Waals surface area contributed by atoms with Crippen LogP contribution in [0.15, 0.2) is 23.1 Å². The number of nitrogen functional groups attached to an aromatic ring is 1. The van der Waals surface area contributed by atoms with Gasteiger partial charge in [-0.25, -0.2) is 0 Å². The molecule has 0 spiro atoms.